The number of carbonyl (C=O) groups excluding carboxylic acids is 1. The SMILES string of the molecule is CC1(c2c(F)cccc2F)OC(NS(=O)(=O)c2ccccc2)=C(O)C1=O. The summed E-state index contributed by atoms with van der Waals surface area (Å²) in [5.74, 6) is -5.19. The fourth-order valence-corrected chi connectivity index (χ4v) is 3.61. The number of aliphatic hydroxyl groups excluding tert-OH is 1. The molecule has 9 heteroatoms. The molecule has 2 aromatic carbocycles. The van der Waals surface area contributed by atoms with Crippen LogP contribution in [0.2, 0.25) is 0 Å². The number of ether oxygens (including phenoxy) is 1. The molecule has 6 nitrogen and oxygen atoms in total. The molecule has 1 heterocycles. The van der Waals surface area contributed by atoms with E-state index >= 15 is 0 Å². The van der Waals surface area contributed by atoms with Crippen LogP contribution in [0.1, 0.15) is 12.5 Å². The lowest BCUT2D eigenvalue weighted by Gasteiger charge is -2.24. The molecule has 0 radical (unpaired) electrons. The van der Waals surface area contributed by atoms with Crippen LogP contribution in [0.4, 0.5) is 8.78 Å². The highest BCUT2D eigenvalue weighted by Crippen LogP contribution is 2.39. The summed E-state index contributed by atoms with van der Waals surface area (Å²) in [6.45, 7) is 1.04. The highest BCUT2D eigenvalue weighted by Gasteiger charge is 2.51. The standard InChI is InChI=1S/C17H13F2NO5S/c1-17(13-11(18)8-5-9-12(13)19)15(22)14(21)16(25-17)20-26(23,24)10-6-3-2-4-7-10/h2-9,20-21H,1H3. The van der Waals surface area contributed by atoms with Crippen molar-refractivity contribution in [3.8, 4) is 0 Å². The number of aliphatic hydroxyl groups is 1. The molecule has 0 amide bonds. The van der Waals surface area contributed by atoms with Crippen LogP contribution in [0, 0.1) is 11.6 Å². The van der Waals surface area contributed by atoms with Gasteiger partial charge in [0, 0.05) is 0 Å². The Morgan fingerprint density at radius 3 is 2.19 bits per heavy atom. The van der Waals surface area contributed by atoms with Crippen LogP contribution in [0.25, 0.3) is 0 Å². The van der Waals surface area contributed by atoms with Crippen LogP contribution in [0.5, 0.6) is 0 Å². The first-order valence-electron chi connectivity index (χ1n) is 7.36. The minimum Gasteiger partial charge on any atom is -0.501 e. The fourth-order valence-electron chi connectivity index (χ4n) is 2.60. The summed E-state index contributed by atoms with van der Waals surface area (Å²) < 4.78 is 59.9. The summed E-state index contributed by atoms with van der Waals surface area (Å²) in [5.41, 5.74) is -2.99. The molecule has 26 heavy (non-hydrogen) atoms. The van der Waals surface area contributed by atoms with Crippen LogP contribution in [0.3, 0.4) is 0 Å². The summed E-state index contributed by atoms with van der Waals surface area (Å²) in [6.07, 6.45) is 0. The maximum Gasteiger partial charge on any atom is 0.264 e. The number of carbonyl (C=O) groups is 1. The smallest absolute Gasteiger partial charge is 0.264 e. The molecule has 0 spiro atoms. The average Bonchev–Trinajstić information content (AvgIpc) is 2.79. The summed E-state index contributed by atoms with van der Waals surface area (Å²) >= 11 is 0. The Balaban J connectivity index is 1.99. The molecule has 0 aromatic heterocycles. The number of ketones is 1. The van der Waals surface area contributed by atoms with Gasteiger partial charge in [0.05, 0.1) is 10.5 Å². The molecule has 136 valence electrons. The van der Waals surface area contributed by atoms with E-state index in [0.29, 0.717) is 0 Å². The molecule has 0 fully saturated rings. The van der Waals surface area contributed by atoms with E-state index in [1.54, 1.807) is 6.07 Å². The topological polar surface area (TPSA) is 92.7 Å². The van der Waals surface area contributed by atoms with E-state index in [9.17, 15) is 27.1 Å². The van der Waals surface area contributed by atoms with E-state index in [0.717, 1.165) is 25.1 Å². The minimum atomic E-state index is -4.19. The maximum atomic E-state index is 14.1. The van der Waals surface area contributed by atoms with Crippen molar-refractivity contribution < 1.29 is 31.8 Å². The Morgan fingerprint density at radius 1 is 1.04 bits per heavy atom. The van der Waals surface area contributed by atoms with Gasteiger partial charge in [-0.15, -0.1) is 0 Å². The third kappa shape index (κ3) is 2.80. The van der Waals surface area contributed by atoms with E-state index in [4.69, 9.17) is 4.74 Å². The van der Waals surface area contributed by atoms with Crippen LogP contribution in [-0.2, 0) is 25.2 Å². The van der Waals surface area contributed by atoms with Crippen molar-refractivity contribution in [1.82, 2.24) is 4.72 Å². The number of rotatable bonds is 4. The van der Waals surface area contributed by atoms with Crippen molar-refractivity contribution in [2.24, 2.45) is 0 Å². The fraction of sp³-hybridized carbons (Fsp3) is 0.118. The largest absolute Gasteiger partial charge is 0.501 e. The number of halogens is 2. The van der Waals surface area contributed by atoms with Gasteiger partial charge in [-0.2, -0.15) is 0 Å². The second-order valence-corrected chi connectivity index (χ2v) is 7.34. The van der Waals surface area contributed by atoms with Gasteiger partial charge >= 0.3 is 0 Å². The van der Waals surface area contributed by atoms with Gasteiger partial charge in [0.1, 0.15) is 11.6 Å². The van der Waals surface area contributed by atoms with Crippen molar-refractivity contribution in [2.45, 2.75) is 17.4 Å². The number of nitrogens with one attached hydrogen (secondary N) is 1. The van der Waals surface area contributed by atoms with Gasteiger partial charge < -0.3 is 9.84 Å². The van der Waals surface area contributed by atoms with Crippen molar-refractivity contribution in [2.75, 3.05) is 0 Å². The van der Waals surface area contributed by atoms with E-state index in [2.05, 4.69) is 0 Å². The zero-order valence-corrected chi connectivity index (χ0v) is 14.2. The van der Waals surface area contributed by atoms with Gasteiger partial charge in [0.2, 0.25) is 17.2 Å². The highest BCUT2D eigenvalue weighted by atomic mass is 32.2. The molecule has 0 saturated carbocycles. The van der Waals surface area contributed by atoms with Gasteiger partial charge in [-0.1, -0.05) is 24.3 Å². The van der Waals surface area contributed by atoms with Crippen LogP contribution < -0.4 is 4.72 Å². The van der Waals surface area contributed by atoms with E-state index in [1.807, 2.05) is 4.72 Å². The Labute approximate surface area is 147 Å². The lowest BCUT2D eigenvalue weighted by molar-refractivity contribution is -0.132. The Kier molecular flexibility index (Phi) is 4.19. The summed E-state index contributed by atoms with van der Waals surface area (Å²) in [6, 6.07) is 10.1. The third-order valence-corrected chi connectivity index (χ3v) is 5.24. The molecule has 3 rings (SSSR count). The zero-order chi connectivity index (χ0) is 19.1. The predicted octanol–water partition coefficient (Wildman–Crippen LogP) is 2.48. The molecule has 2 N–H and O–H groups in total. The Hall–Kier alpha value is -2.94. The summed E-state index contributed by atoms with van der Waals surface area (Å²) in [4.78, 5) is 12.2. The monoisotopic (exact) mass is 381 g/mol. The molecular formula is C17H13F2NO5S. The molecule has 1 unspecified atom stereocenters. The number of benzene rings is 2. The number of hydrogen-bond acceptors (Lipinski definition) is 5. The molecule has 2 aromatic rings. The van der Waals surface area contributed by atoms with Gasteiger partial charge in [-0.3, -0.25) is 4.79 Å². The average molecular weight is 381 g/mol. The first-order chi connectivity index (χ1) is 12.2. The lowest BCUT2D eigenvalue weighted by Crippen LogP contribution is -2.34. The van der Waals surface area contributed by atoms with Gasteiger partial charge in [-0.25, -0.2) is 21.9 Å². The van der Waals surface area contributed by atoms with Crippen LogP contribution >= 0.6 is 0 Å². The molecule has 0 bridgehead atoms. The molecule has 1 aliphatic heterocycles. The summed E-state index contributed by atoms with van der Waals surface area (Å²) in [7, 11) is -4.19. The normalized spacial score (nSPS) is 20.2. The molecule has 0 saturated heterocycles. The van der Waals surface area contributed by atoms with Gasteiger partial charge in [0.25, 0.3) is 15.8 Å². The van der Waals surface area contributed by atoms with Crippen molar-refractivity contribution >= 4 is 15.8 Å². The van der Waals surface area contributed by atoms with Crippen molar-refractivity contribution in [3.63, 3.8) is 0 Å². The lowest BCUT2D eigenvalue weighted by atomic mass is 9.90. The second kappa shape index (κ2) is 6.10. The summed E-state index contributed by atoms with van der Waals surface area (Å²) in [5, 5.41) is 9.98. The zero-order valence-electron chi connectivity index (χ0n) is 13.4. The van der Waals surface area contributed by atoms with Crippen molar-refractivity contribution in [3.05, 3.63) is 77.4 Å². The highest BCUT2D eigenvalue weighted by molar-refractivity contribution is 7.89. The van der Waals surface area contributed by atoms with E-state index in [-0.39, 0.29) is 4.90 Å². The van der Waals surface area contributed by atoms with E-state index in [1.165, 1.54) is 24.3 Å². The predicted molar refractivity (Wildman–Crippen MR) is 86.2 cm³/mol. The number of Topliss-reactive ketones (excluding diaryl/α,β-unsaturated/α-hetero) is 1. The number of sulfonamides is 1. The second-order valence-electron chi connectivity index (χ2n) is 5.66. The Bertz CT molecular complexity index is 1000. The molecule has 1 aliphatic rings. The Morgan fingerprint density at radius 2 is 1.62 bits per heavy atom. The van der Waals surface area contributed by atoms with E-state index < -0.39 is 50.2 Å². The minimum absolute atomic E-state index is 0.151. The molecular weight excluding hydrogens is 368 g/mol. The third-order valence-electron chi connectivity index (χ3n) is 3.89. The van der Waals surface area contributed by atoms with Gasteiger partial charge in [0.15, 0.2) is 0 Å². The molecule has 0 aliphatic carbocycles. The molecule has 1 atom stereocenters. The first-order valence-corrected chi connectivity index (χ1v) is 8.84. The van der Waals surface area contributed by atoms with Crippen molar-refractivity contribution in [1.29, 1.82) is 0 Å². The van der Waals surface area contributed by atoms with Gasteiger partial charge in [-0.05, 0) is 31.2 Å². The quantitative estimate of drug-likeness (QED) is 0.849. The first kappa shape index (κ1) is 17.9. The van der Waals surface area contributed by atoms with Crippen LogP contribution in [0.15, 0.2) is 65.1 Å². The number of hydrogen-bond donors (Lipinski definition) is 2. The maximum absolute atomic E-state index is 14.1. The van der Waals surface area contributed by atoms with Crippen LogP contribution in [-0.4, -0.2) is 19.3 Å².